The Morgan fingerprint density at radius 3 is 2.61 bits per heavy atom. The van der Waals surface area contributed by atoms with Gasteiger partial charge in [-0.3, -0.25) is 0 Å². The van der Waals surface area contributed by atoms with Crippen molar-refractivity contribution in [1.82, 2.24) is 9.97 Å². The van der Waals surface area contributed by atoms with Crippen LogP contribution in [-0.4, -0.2) is 29.6 Å². The summed E-state index contributed by atoms with van der Waals surface area (Å²) in [6.07, 6.45) is 2.80. The molecule has 1 atom stereocenters. The molecule has 5 heteroatoms. The van der Waals surface area contributed by atoms with E-state index in [4.69, 9.17) is 5.73 Å². The lowest BCUT2D eigenvalue weighted by atomic mass is 10.0. The molecule has 0 aliphatic heterocycles. The molecule has 1 heterocycles. The van der Waals surface area contributed by atoms with Crippen LogP contribution in [0.25, 0.3) is 0 Å². The van der Waals surface area contributed by atoms with Crippen molar-refractivity contribution in [2.24, 2.45) is 11.7 Å². The van der Waals surface area contributed by atoms with Gasteiger partial charge in [0.25, 0.3) is 0 Å². The summed E-state index contributed by atoms with van der Waals surface area (Å²) in [5, 5.41) is 0. The van der Waals surface area contributed by atoms with Crippen LogP contribution in [-0.2, 0) is 6.42 Å². The quantitative estimate of drug-likeness (QED) is 0.843. The van der Waals surface area contributed by atoms with Gasteiger partial charge >= 0.3 is 0 Å². The van der Waals surface area contributed by atoms with Crippen LogP contribution in [0.5, 0.6) is 0 Å². The Balaban J connectivity index is 2.70. The molecular formula is C13H23FN4. The second-order valence-corrected chi connectivity index (χ2v) is 4.93. The first-order chi connectivity index (χ1) is 8.47. The SMILES string of the molecule is CCc1ncnc(N(C)CCC(N)C(C)C)c1F. The number of anilines is 1. The number of nitrogens with two attached hydrogens (primary N) is 1. The van der Waals surface area contributed by atoms with E-state index in [0.717, 1.165) is 6.42 Å². The van der Waals surface area contributed by atoms with Crippen molar-refractivity contribution < 1.29 is 4.39 Å². The molecule has 18 heavy (non-hydrogen) atoms. The Morgan fingerprint density at radius 2 is 2.06 bits per heavy atom. The number of hydrogen-bond donors (Lipinski definition) is 1. The molecule has 2 N–H and O–H groups in total. The number of hydrogen-bond acceptors (Lipinski definition) is 4. The molecule has 0 radical (unpaired) electrons. The fraction of sp³-hybridized carbons (Fsp3) is 0.692. The number of aromatic nitrogens is 2. The molecule has 0 fully saturated rings. The summed E-state index contributed by atoms with van der Waals surface area (Å²) >= 11 is 0. The molecule has 0 saturated heterocycles. The monoisotopic (exact) mass is 254 g/mol. The van der Waals surface area contributed by atoms with Crippen molar-refractivity contribution in [1.29, 1.82) is 0 Å². The van der Waals surface area contributed by atoms with Crippen molar-refractivity contribution >= 4 is 5.82 Å². The third-order valence-electron chi connectivity index (χ3n) is 3.19. The highest BCUT2D eigenvalue weighted by Gasteiger charge is 2.15. The summed E-state index contributed by atoms with van der Waals surface area (Å²) in [5.74, 6) is 0.471. The predicted octanol–water partition coefficient (Wildman–Crippen LogP) is 1.99. The van der Waals surface area contributed by atoms with E-state index in [1.54, 1.807) is 4.90 Å². The van der Waals surface area contributed by atoms with Crippen LogP contribution >= 0.6 is 0 Å². The van der Waals surface area contributed by atoms with Gasteiger partial charge in [0.1, 0.15) is 6.33 Å². The Kier molecular flexibility index (Phi) is 5.47. The average molecular weight is 254 g/mol. The Labute approximate surface area is 108 Å². The number of halogens is 1. The Hall–Kier alpha value is -1.23. The summed E-state index contributed by atoms with van der Waals surface area (Å²) in [6, 6.07) is 0.128. The molecule has 102 valence electrons. The smallest absolute Gasteiger partial charge is 0.187 e. The molecule has 1 unspecified atom stereocenters. The van der Waals surface area contributed by atoms with Crippen molar-refractivity contribution in [3.63, 3.8) is 0 Å². The molecule has 0 spiro atoms. The standard InChI is InChI=1S/C13H23FN4/c1-5-11-12(14)13(17-8-16-11)18(4)7-6-10(15)9(2)3/h8-10H,5-7,15H2,1-4H3. The maximum Gasteiger partial charge on any atom is 0.187 e. The lowest BCUT2D eigenvalue weighted by Gasteiger charge is -2.22. The summed E-state index contributed by atoms with van der Waals surface area (Å²) < 4.78 is 14.0. The highest BCUT2D eigenvalue weighted by Crippen LogP contribution is 2.17. The second kappa shape index (κ2) is 6.64. The lowest BCUT2D eigenvalue weighted by Crippen LogP contribution is -2.32. The largest absolute Gasteiger partial charge is 0.357 e. The molecule has 1 aromatic heterocycles. The zero-order valence-corrected chi connectivity index (χ0v) is 11.7. The minimum atomic E-state index is -0.319. The Bertz CT molecular complexity index is 381. The van der Waals surface area contributed by atoms with Crippen molar-refractivity contribution in [3.8, 4) is 0 Å². The molecule has 0 saturated carbocycles. The molecule has 0 bridgehead atoms. The second-order valence-electron chi connectivity index (χ2n) is 4.93. The van der Waals surface area contributed by atoms with Crippen molar-refractivity contribution in [2.75, 3.05) is 18.5 Å². The summed E-state index contributed by atoms with van der Waals surface area (Å²) in [4.78, 5) is 9.74. The zero-order valence-electron chi connectivity index (χ0n) is 11.7. The van der Waals surface area contributed by atoms with E-state index in [2.05, 4.69) is 23.8 Å². The third kappa shape index (κ3) is 3.63. The van der Waals surface area contributed by atoms with Gasteiger partial charge in [-0.15, -0.1) is 0 Å². The van der Waals surface area contributed by atoms with Gasteiger partial charge in [0.05, 0.1) is 5.69 Å². The first-order valence-corrected chi connectivity index (χ1v) is 6.43. The van der Waals surface area contributed by atoms with Gasteiger partial charge in [-0.05, 0) is 18.8 Å². The molecule has 0 aliphatic carbocycles. The fourth-order valence-electron chi connectivity index (χ4n) is 1.69. The fourth-order valence-corrected chi connectivity index (χ4v) is 1.69. The number of aryl methyl sites for hydroxylation is 1. The maximum atomic E-state index is 14.0. The summed E-state index contributed by atoms with van der Waals surface area (Å²) in [5.41, 5.74) is 6.44. The van der Waals surface area contributed by atoms with Crippen LogP contribution in [0.15, 0.2) is 6.33 Å². The molecule has 1 aromatic rings. The van der Waals surface area contributed by atoms with Crippen LogP contribution < -0.4 is 10.6 Å². The Morgan fingerprint density at radius 1 is 1.39 bits per heavy atom. The van der Waals surface area contributed by atoms with Crippen molar-refractivity contribution in [3.05, 3.63) is 17.8 Å². The predicted molar refractivity (Wildman–Crippen MR) is 72.1 cm³/mol. The maximum absolute atomic E-state index is 14.0. The van der Waals surface area contributed by atoms with Gasteiger partial charge in [-0.2, -0.15) is 0 Å². The van der Waals surface area contributed by atoms with Gasteiger partial charge in [-0.25, -0.2) is 14.4 Å². The van der Waals surface area contributed by atoms with Crippen LogP contribution in [0.2, 0.25) is 0 Å². The van der Waals surface area contributed by atoms with Gasteiger partial charge in [0.15, 0.2) is 11.6 Å². The van der Waals surface area contributed by atoms with E-state index in [0.29, 0.717) is 30.4 Å². The summed E-state index contributed by atoms with van der Waals surface area (Å²) in [7, 11) is 1.83. The highest BCUT2D eigenvalue weighted by molar-refractivity contribution is 5.39. The van der Waals surface area contributed by atoms with E-state index in [1.807, 2.05) is 14.0 Å². The van der Waals surface area contributed by atoms with Crippen LogP contribution in [0.3, 0.4) is 0 Å². The van der Waals surface area contributed by atoms with Crippen LogP contribution in [0.4, 0.5) is 10.2 Å². The van der Waals surface area contributed by atoms with Gasteiger partial charge in [0, 0.05) is 19.6 Å². The van der Waals surface area contributed by atoms with E-state index >= 15 is 0 Å². The lowest BCUT2D eigenvalue weighted by molar-refractivity contribution is 0.464. The summed E-state index contributed by atoms with van der Waals surface area (Å²) in [6.45, 7) is 6.75. The van der Waals surface area contributed by atoms with Crippen molar-refractivity contribution in [2.45, 2.75) is 39.7 Å². The minimum Gasteiger partial charge on any atom is -0.357 e. The van der Waals surface area contributed by atoms with E-state index in [-0.39, 0.29) is 11.9 Å². The molecule has 0 aromatic carbocycles. The highest BCUT2D eigenvalue weighted by atomic mass is 19.1. The molecule has 4 nitrogen and oxygen atoms in total. The van der Waals surface area contributed by atoms with Crippen LogP contribution in [0, 0.1) is 11.7 Å². The van der Waals surface area contributed by atoms with Crippen LogP contribution in [0.1, 0.15) is 32.9 Å². The van der Waals surface area contributed by atoms with E-state index in [1.165, 1.54) is 6.33 Å². The number of nitrogens with zero attached hydrogens (tertiary/aromatic N) is 3. The first kappa shape index (κ1) is 14.8. The normalized spacial score (nSPS) is 12.8. The third-order valence-corrected chi connectivity index (χ3v) is 3.19. The minimum absolute atomic E-state index is 0.128. The van der Waals surface area contributed by atoms with E-state index in [9.17, 15) is 4.39 Å². The molecular weight excluding hydrogens is 231 g/mol. The topological polar surface area (TPSA) is 55.0 Å². The molecule has 0 amide bonds. The number of rotatable bonds is 6. The molecule has 1 rings (SSSR count). The van der Waals surface area contributed by atoms with Gasteiger partial charge in [-0.1, -0.05) is 20.8 Å². The average Bonchev–Trinajstić information content (AvgIpc) is 2.35. The molecule has 0 aliphatic rings. The van der Waals surface area contributed by atoms with E-state index < -0.39 is 0 Å². The van der Waals surface area contributed by atoms with Gasteiger partial charge in [0.2, 0.25) is 0 Å². The first-order valence-electron chi connectivity index (χ1n) is 6.43. The van der Waals surface area contributed by atoms with Gasteiger partial charge < -0.3 is 10.6 Å². The zero-order chi connectivity index (χ0) is 13.7.